The van der Waals surface area contributed by atoms with E-state index in [1.807, 2.05) is 18.2 Å². The molecule has 0 rings (SSSR count). The number of aliphatic hydroxyl groups is 2. The highest BCUT2D eigenvalue weighted by Crippen LogP contribution is 2.40. The van der Waals surface area contributed by atoms with Gasteiger partial charge in [-0.25, -0.2) is 0 Å². The van der Waals surface area contributed by atoms with Gasteiger partial charge in [0, 0.05) is 11.8 Å². The molecule has 0 bridgehead atoms. The monoisotopic (exact) mass is 398 g/mol. The van der Waals surface area contributed by atoms with E-state index >= 15 is 0 Å². The Kier molecular flexibility index (Phi) is 10.2. The minimum atomic E-state index is -1.90. The molecule has 0 aromatic heterocycles. The molecule has 0 unspecified atom stereocenters. The average Bonchev–Trinajstić information content (AvgIpc) is 2.49. The molecule has 0 saturated carbocycles. The average molecular weight is 399 g/mol. The summed E-state index contributed by atoms with van der Waals surface area (Å²) in [6.45, 7) is 23.4. The van der Waals surface area contributed by atoms with E-state index in [9.17, 15) is 10.2 Å². The number of aliphatic hydroxyl groups excluding tert-OH is 1. The van der Waals surface area contributed by atoms with Crippen LogP contribution in [0.1, 0.15) is 68.7 Å². The van der Waals surface area contributed by atoms with Crippen molar-refractivity contribution in [3.8, 4) is 0 Å². The summed E-state index contributed by atoms with van der Waals surface area (Å²) in [4.78, 5) is 0. The lowest BCUT2D eigenvalue weighted by Crippen LogP contribution is -2.49. The Morgan fingerprint density at radius 2 is 1.52 bits per heavy atom. The molecule has 0 aliphatic carbocycles. The van der Waals surface area contributed by atoms with Crippen LogP contribution < -0.4 is 0 Å². The van der Waals surface area contributed by atoms with Gasteiger partial charge in [-0.1, -0.05) is 72.8 Å². The third kappa shape index (κ3) is 9.08. The van der Waals surface area contributed by atoms with Gasteiger partial charge < -0.3 is 14.6 Å². The quantitative estimate of drug-likeness (QED) is 0.354. The molecule has 2 N–H and O–H groups in total. The summed E-state index contributed by atoms with van der Waals surface area (Å²) in [7, 11) is -1.90. The topological polar surface area (TPSA) is 49.7 Å². The summed E-state index contributed by atoms with van der Waals surface area (Å²) in [5, 5.41) is 21.0. The standard InChI is InChI=1S/C23H46O3Si/c1-12-19(15-13-14-16-23(8,9)25)20(24)18(4)21(17(2)3)26-27(10,11)22(5,6)7/h13-21,24-25H,12H2,1-11H3/b15-13+,16-14+/t18-,19+,20-,21+/m0/s1. The van der Waals surface area contributed by atoms with Crippen LogP contribution in [0.3, 0.4) is 0 Å². The predicted molar refractivity (Wildman–Crippen MR) is 120 cm³/mol. The van der Waals surface area contributed by atoms with Gasteiger partial charge in [0.05, 0.1) is 17.8 Å². The van der Waals surface area contributed by atoms with E-state index in [-0.39, 0.29) is 23.0 Å². The van der Waals surface area contributed by atoms with E-state index in [2.05, 4.69) is 61.6 Å². The van der Waals surface area contributed by atoms with Crippen molar-refractivity contribution in [2.24, 2.45) is 17.8 Å². The first-order valence-corrected chi connectivity index (χ1v) is 13.4. The summed E-state index contributed by atoms with van der Waals surface area (Å²) in [5.74, 6) is 0.461. The normalized spacial score (nSPS) is 19.0. The van der Waals surface area contributed by atoms with Gasteiger partial charge in [-0.05, 0) is 44.3 Å². The molecular formula is C23H46O3Si. The molecule has 0 aromatic carbocycles. The Bertz CT molecular complexity index is 481. The molecule has 4 heteroatoms. The molecule has 160 valence electrons. The number of rotatable bonds is 10. The van der Waals surface area contributed by atoms with Gasteiger partial charge in [0.1, 0.15) is 0 Å². The largest absolute Gasteiger partial charge is 0.413 e. The summed E-state index contributed by atoms with van der Waals surface area (Å²) in [6, 6.07) is 0. The van der Waals surface area contributed by atoms with Crippen LogP contribution in [0.5, 0.6) is 0 Å². The summed E-state index contributed by atoms with van der Waals surface area (Å²) in [6.07, 6.45) is 8.03. The number of hydrogen-bond acceptors (Lipinski definition) is 3. The highest BCUT2D eigenvalue weighted by molar-refractivity contribution is 6.74. The number of allylic oxidation sites excluding steroid dienone is 2. The van der Waals surface area contributed by atoms with E-state index in [1.54, 1.807) is 19.9 Å². The van der Waals surface area contributed by atoms with Crippen LogP contribution >= 0.6 is 0 Å². The van der Waals surface area contributed by atoms with Crippen LogP contribution in [0, 0.1) is 17.8 Å². The van der Waals surface area contributed by atoms with Crippen molar-refractivity contribution in [3.05, 3.63) is 24.3 Å². The Morgan fingerprint density at radius 1 is 1.00 bits per heavy atom. The SMILES string of the molecule is CC[C@H](/C=C/C=C/C(C)(C)O)[C@@H](O)[C@H](C)[C@H](O[Si](C)(C)C(C)(C)C)C(C)C. The van der Waals surface area contributed by atoms with Crippen LogP contribution in [-0.4, -0.2) is 36.3 Å². The van der Waals surface area contributed by atoms with Crippen molar-refractivity contribution in [3.63, 3.8) is 0 Å². The smallest absolute Gasteiger partial charge is 0.192 e. The first-order valence-electron chi connectivity index (χ1n) is 10.5. The molecule has 0 fully saturated rings. The second-order valence-corrected chi connectivity index (χ2v) is 15.2. The minimum absolute atomic E-state index is 0.0373. The maximum absolute atomic E-state index is 11.1. The van der Waals surface area contributed by atoms with Crippen molar-refractivity contribution < 1.29 is 14.6 Å². The van der Waals surface area contributed by atoms with Crippen LogP contribution in [-0.2, 0) is 4.43 Å². The Balaban J connectivity index is 5.33. The predicted octanol–water partition coefficient (Wildman–Crippen LogP) is 5.94. The lowest BCUT2D eigenvalue weighted by molar-refractivity contribution is -0.0136. The maximum atomic E-state index is 11.1. The second-order valence-electron chi connectivity index (χ2n) is 10.4. The van der Waals surface area contributed by atoms with Gasteiger partial charge in [-0.15, -0.1) is 0 Å². The Morgan fingerprint density at radius 3 is 1.89 bits per heavy atom. The van der Waals surface area contributed by atoms with E-state index in [0.29, 0.717) is 5.92 Å². The molecule has 0 radical (unpaired) electrons. The van der Waals surface area contributed by atoms with Crippen molar-refractivity contribution in [1.29, 1.82) is 0 Å². The zero-order valence-corrected chi connectivity index (χ0v) is 20.7. The first kappa shape index (κ1) is 26.6. The summed E-state index contributed by atoms with van der Waals surface area (Å²) in [5.41, 5.74) is -0.822. The Labute approximate surface area is 170 Å². The van der Waals surface area contributed by atoms with Crippen LogP contribution in [0.4, 0.5) is 0 Å². The lowest BCUT2D eigenvalue weighted by Gasteiger charge is -2.43. The van der Waals surface area contributed by atoms with Crippen LogP contribution in [0.2, 0.25) is 18.1 Å². The molecule has 0 heterocycles. The zero-order chi connectivity index (χ0) is 21.6. The van der Waals surface area contributed by atoms with Crippen molar-refractivity contribution in [2.45, 2.75) is 105 Å². The van der Waals surface area contributed by atoms with Crippen LogP contribution in [0.25, 0.3) is 0 Å². The maximum Gasteiger partial charge on any atom is 0.192 e. The molecule has 0 aliphatic rings. The van der Waals surface area contributed by atoms with E-state index in [4.69, 9.17) is 4.43 Å². The van der Waals surface area contributed by atoms with Crippen LogP contribution in [0.15, 0.2) is 24.3 Å². The molecule has 0 amide bonds. The minimum Gasteiger partial charge on any atom is -0.413 e. The van der Waals surface area contributed by atoms with Gasteiger partial charge in [-0.2, -0.15) is 0 Å². The third-order valence-corrected chi connectivity index (χ3v) is 10.3. The molecule has 0 aromatic rings. The molecule has 0 saturated heterocycles. The van der Waals surface area contributed by atoms with E-state index < -0.39 is 20.0 Å². The lowest BCUT2D eigenvalue weighted by atomic mass is 9.83. The highest BCUT2D eigenvalue weighted by Gasteiger charge is 2.42. The van der Waals surface area contributed by atoms with Gasteiger partial charge in [0.15, 0.2) is 8.32 Å². The fraction of sp³-hybridized carbons (Fsp3) is 0.826. The summed E-state index contributed by atoms with van der Waals surface area (Å²) >= 11 is 0. The van der Waals surface area contributed by atoms with Gasteiger partial charge in [0.2, 0.25) is 0 Å². The van der Waals surface area contributed by atoms with Crippen molar-refractivity contribution >= 4 is 8.32 Å². The van der Waals surface area contributed by atoms with Gasteiger partial charge in [-0.3, -0.25) is 0 Å². The second kappa shape index (κ2) is 10.4. The third-order valence-electron chi connectivity index (χ3n) is 5.83. The highest BCUT2D eigenvalue weighted by atomic mass is 28.4. The molecule has 27 heavy (non-hydrogen) atoms. The fourth-order valence-corrected chi connectivity index (χ4v) is 4.46. The molecular weight excluding hydrogens is 352 g/mol. The Hall–Kier alpha value is -0.423. The fourth-order valence-electron chi connectivity index (χ4n) is 2.94. The molecule has 4 atom stereocenters. The molecule has 0 aliphatic heterocycles. The summed E-state index contributed by atoms with van der Waals surface area (Å²) < 4.78 is 6.72. The van der Waals surface area contributed by atoms with E-state index in [1.165, 1.54) is 0 Å². The van der Waals surface area contributed by atoms with E-state index in [0.717, 1.165) is 6.42 Å². The van der Waals surface area contributed by atoms with Crippen molar-refractivity contribution in [2.75, 3.05) is 0 Å². The van der Waals surface area contributed by atoms with Gasteiger partial charge >= 0.3 is 0 Å². The molecule has 0 spiro atoms. The first-order chi connectivity index (χ1) is 12.0. The van der Waals surface area contributed by atoms with Gasteiger partial charge in [0.25, 0.3) is 0 Å². The van der Waals surface area contributed by atoms with Crippen molar-refractivity contribution in [1.82, 2.24) is 0 Å². The zero-order valence-electron chi connectivity index (χ0n) is 19.7. The number of hydrogen-bond donors (Lipinski definition) is 2. The molecule has 3 nitrogen and oxygen atoms in total.